The highest BCUT2D eigenvalue weighted by Gasteiger charge is 2.33. The molecule has 0 amide bonds. The first-order valence-corrected chi connectivity index (χ1v) is 10.8. The molecule has 3 aromatic carbocycles. The van der Waals surface area contributed by atoms with Crippen LogP contribution < -0.4 is 29.4 Å². The highest BCUT2D eigenvalue weighted by atomic mass is 16.6. The number of nitrogens with zero attached hydrogens (tertiary/aromatic N) is 1. The minimum absolute atomic E-state index is 0.0331. The van der Waals surface area contributed by atoms with Crippen LogP contribution in [0.2, 0.25) is 0 Å². The predicted molar refractivity (Wildman–Crippen MR) is 128 cm³/mol. The smallest absolute Gasteiger partial charge is 0.349 e. The van der Waals surface area contributed by atoms with E-state index in [-0.39, 0.29) is 23.8 Å². The lowest BCUT2D eigenvalue weighted by atomic mass is 9.83. The number of methoxy groups -OCH3 is 2. The molecule has 1 unspecified atom stereocenters. The molecule has 0 fully saturated rings. The Balaban J connectivity index is 1.60. The van der Waals surface area contributed by atoms with Gasteiger partial charge in [-0.25, -0.2) is 4.79 Å². The summed E-state index contributed by atoms with van der Waals surface area (Å²) in [6.45, 7) is 1.64. The van der Waals surface area contributed by atoms with E-state index in [0.29, 0.717) is 34.1 Å². The number of hydrogen-bond acceptors (Lipinski definition) is 8. The summed E-state index contributed by atoms with van der Waals surface area (Å²) >= 11 is 0. The molecule has 1 aliphatic heterocycles. The summed E-state index contributed by atoms with van der Waals surface area (Å²) in [5.41, 5.74) is 8.65. The van der Waals surface area contributed by atoms with Gasteiger partial charge in [-0.3, -0.25) is 0 Å². The van der Waals surface area contributed by atoms with Crippen LogP contribution >= 0.6 is 0 Å². The summed E-state index contributed by atoms with van der Waals surface area (Å²) < 4.78 is 27.6. The first-order valence-electron chi connectivity index (χ1n) is 10.8. The number of fused-ring (bicyclic) bond motifs is 1. The Morgan fingerprint density at radius 3 is 2.46 bits per heavy atom. The van der Waals surface area contributed by atoms with E-state index in [1.165, 1.54) is 0 Å². The molecule has 0 spiro atoms. The predicted octanol–water partition coefficient (Wildman–Crippen LogP) is 4.21. The molecule has 8 heteroatoms. The van der Waals surface area contributed by atoms with Crippen LogP contribution in [-0.2, 0) is 4.79 Å². The van der Waals surface area contributed by atoms with E-state index in [1.54, 1.807) is 50.6 Å². The molecule has 1 aliphatic rings. The Morgan fingerprint density at radius 1 is 1.00 bits per heavy atom. The summed E-state index contributed by atoms with van der Waals surface area (Å²) in [5.74, 6) is 1.24. The van der Waals surface area contributed by atoms with E-state index in [1.807, 2.05) is 31.2 Å². The highest BCUT2D eigenvalue weighted by Crippen LogP contribution is 2.46. The maximum atomic E-state index is 12.4. The Bertz CT molecular complexity index is 1340. The van der Waals surface area contributed by atoms with Crippen LogP contribution in [-0.4, -0.2) is 26.8 Å². The summed E-state index contributed by atoms with van der Waals surface area (Å²) in [6, 6.07) is 19.8. The van der Waals surface area contributed by atoms with Crippen molar-refractivity contribution in [3.63, 3.8) is 0 Å². The normalized spacial score (nSPS) is 14.3. The van der Waals surface area contributed by atoms with Crippen molar-refractivity contribution in [1.82, 2.24) is 0 Å². The number of allylic oxidation sites excluding steroid dienone is 1. The van der Waals surface area contributed by atoms with Gasteiger partial charge in [0.25, 0.3) is 0 Å². The van der Waals surface area contributed by atoms with Crippen LogP contribution in [0.4, 0.5) is 0 Å². The zero-order valence-electron chi connectivity index (χ0n) is 19.5. The van der Waals surface area contributed by atoms with Crippen molar-refractivity contribution >= 4 is 5.97 Å². The van der Waals surface area contributed by atoms with Crippen molar-refractivity contribution in [2.45, 2.75) is 12.8 Å². The lowest BCUT2D eigenvalue weighted by Gasteiger charge is -2.27. The molecular formula is C27H24N2O6. The minimum Gasteiger partial charge on any atom is -0.497 e. The van der Waals surface area contributed by atoms with Crippen molar-refractivity contribution in [2.75, 3.05) is 20.8 Å². The van der Waals surface area contributed by atoms with E-state index in [4.69, 9.17) is 29.4 Å². The van der Waals surface area contributed by atoms with Crippen molar-refractivity contribution < 1.29 is 28.5 Å². The van der Waals surface area contributed by atoms with E-state index in [0.717, 1.165) is 5.56 Å². The molecule has 0 aliphatic carbocycles. The average Bonchev–Trinajstić information content (AvgIpc) is 2.87. The molecule has 0 saturated carbocycles. The van der Waals surface area contributed by atoms with Gasteiger partial charge in [-0.15, -0.1) is 0 Å². The van der Waals surface area contributed by atoms with Gasteiger partial charge in [0, 0.05) is 23.3 Å². The Morgan fingerprint density at radius 2 is 1.74 bits per heavy atom. The third-order valence-corrected chi connectivity index (χ3v) is 5.61. The van der Waals surface area contributed by atoms with Crippen LogP contribution in [0.25, 0.3) is 0 Å². The lowest BCUT2D eigenvalue weighted by molar-refractivity contribution is -0.136. The quantitative estimate of drug-likeness (QED) is 0.402. The molecule has 0 saturated heterocycles. The molecule has 2 N–H and O–H groups in total. The first-order chi connectivity index (χ1) is 16.9. The van der Waals surface area contributed by atoms with Gasteiger partial charge < -0.3 is 29.4 Å². The van der Waals surface area contributed by atoms with Crippen molar-refractivity contribution in [2.24, 2.45) is 5.73 Å². The van der Waals surface area contributed by atoms with Crippen molar-refractivity contribution in [1.29, 1.82) is 5.26 Å². The molecule has 0 aromatic heterocycles. The molecule has 178 valence electrons. The number of para-hydroxylation sites is 1. The van der Waals surface area contributed by atoms with E-state index in [2.05, 4.69) is 6.07 Å². The summed E-state index contributed by atoms with van der Waals surface area (Å²) in [4.78, 5) is 12.4. The minimum atomic E-state index is -0.571. The molecule has 35 heavy (non-hydrogen) atoms. The monoisotopic (exact) mass is 472 g/mol. The lowest BCUT2D eigenvalue weighted by Crippen LogP contribution is -2.22. The summed E-state index contributed by atoms with van der Waals surface area (Å²) in [7, 11) is 3.10. The van der Waals surface area contributed by atoms with Crippen LogP contribution in [0.15, 0.2) is 72.1 Å². The number of ether oxygens (including phenoxy) is 5. The molecule has 0 radical (unpaired) electrons. The SMILES string of the molecule is COc1ccc(C2C(C#N)=C(N)Oc3cc(OC(=O)COc4ccccc4C)ccc32)c(OC)c1. The van der Waals surface area contributed by atoms with Crippen LogP contribution in [0.5, 0.6) is 28.7 Å². The van der Waals surface area contributed by atoms with E-state index >= 15 is 0 Å². The topological polar surface area (TPSA) is 113 Å². The number of esters is 1. The van der Waals surface area contributed by atoms with Crippen LogP contribution in [0.1, 0.15) is 22.6 Å². The average molecular weight is 472 g/mol. The number of benzene rings is 3. The second-order valence-corrected chi connectivity index (χ2v) is 7.76. The molecule has 0 bridgehead atoms. The molecule has 8 nitrogen and oxygen atoms in total. The van der Waals surface area contributed by atoms with Crippen LogP contribution in [0, 0.1) is 18.3 Å². The maximum absolute atomic E-state index is 12.4. The number of nitrogens with two attached hydrogens (primary N) is 1. The molecular weight excluding hydrogens is 448 g/mol. The van der Waals surface area contributed by atoms with Gasteiger partial charge in [-0.05, 0) is 30.7 Å². The molecule has 4 rings (SSSR count). The molecule has 1 atom stereocenters. The summed E-state index contributed by atoms with van der Waals surface area (Å²) in [5, 5.41) is 9.81. The first kappa shape index (κ1) is 23.5. The molecule has 3 aromatic rings. The van der Waals surface area contributed by atoms with Crippen molar-refractivity contribution in [3.8, 4) is 34.8 Å². The fourth-order valence-electron chi connectivity index (χ4n) is 3.89. The zero-order valence-corrected chi connectivity index (χ0v) is 19.5. The zero-order chi connectivity index (χ0) is 24.9. The number of rotatable bonds is 7. The third kappa shape index (κ3) is 4.84. The fraction of sp³-hybridized carbons (Fsp3) is 0.185. The van der Waals surface area contributed by atoms with Crippen LogP contribution in [0.3, 0.4) is 0 Å². The van der Waals surface area contributed by atoms with Gasteiger partial charge in [0.05, 0.1) is 20.1 Å². The Hall–Kier alpha value is -4.64. The van der Waals surface area contributed by atoms with Gasteiger partial charge >= 0.3 is 5.97 Å². The largest absolute Gasteiger partial charge is 0.497 e. The van der Waals surface area contributed by atoms with E-state index < -0.39 is 11.9 Å². The maximum Gasteiger partial charge on any atom is 0.349 e. The van der Waals surface area contributed by atoms with Gasteiger partial charge in [0.15, 0.2) is 6.61 Å². The Kier molecular flexibility index (Phi) is 6.78. The fourth-order valence-corrected chi connectivity index (χ4v) is 3.89. The van der Waals surface area contributed by atoms with Gasteiger partial charge in [0.1, 0.15) is 40.4 Å². The second-order valence-electron chi connectivity index (χ2n) is 7.76. The highest BCUT2D eigenvalue weighted by molar-refractivity contribution is 5.74. The Labute approximate surface area is 203 Å². The standard InChI is InChI=1S/C27H24N2O6/c1-16-6-4-5-7-22(16)33-15-25(30)34-18-9-11-20-24(13-18)35-27(29)21(14-28)26(20)19-10-8-17(31-2)12-23(19)32-3/h4-13,26H,15,29H2,1-3H3. The van der Waals surface area contributed by atoms with Crippen molar-refractivity contribution in [3.05, 3.63) is 88.8 Å². The van der Waals surface area contributed by atoms with Gasteiger partial charge in [-0.1, -0.05) is 30.3 Å². The molecule has 1 heterocycles. The number of carbonyl (C=O) groups excluding carboxylic acids is 1. The van der Waals surface area contributed by atoms with E-state index in [9.17, 15) is 10.1 Å². The van der Waals surface area contributed by atoms with Gasteiger partial charge in [0.2, 0.25) is 5.88 Å². The summed E-state index contributed by atoms with van der Waals surface area (Å²) in [6.07, 6.45) is 0. The second kappa shape index (κ2) is 10.1. The van der Waals surface area contributed by atoms with Gasteiger partial charge in [-0.2, -0.15) is 5.26 Å². The number of hydrogen-bond donors (Lipinski definition) is 1. The number of carbonyl (C=O) groups is 1. The number of nitriles is 1. The number of aryl methyl sites for hydroxylation is 1. The third-order valence-electron chi connectivity index (χ3n) is 5.61.